The first-order chi connectivity index (χ1) is 6.10. The average Bonchev–Trinajstić information content (AvgIpc) is 1.78. The smallest absolute Gasteiger partial charge is 0.407 e. The van der Waals surface area contributed by atoms with Crippen LogP contribution in [0.25, 0.3) is 0 Å². The molecule has 0 aromatic rings. The summed E-state index contributed by atoms with van der Waals surface area (Å²) in [7, 11) is 1.37. The van der Waals surface area contributed by atoms with Crippen molar-refractivity contribution in [1.82, 2.24) is 5.32 Å². The van der Waals surface area contributed by atoms with Crippen molar-refractivity contribution in [2.45, 2.75) is 26.4 Å². The van der Waals surface area contributed by atoms with Crippen LogP contribution in [0.5, 0.6) is 0 Å². The molecule has 5 nitrogen and oxygen atoms in total. The van der Waals surface area contributed by atoms with Crippen molar-refractivity contribution in [2.24, 2.45) is 0 Å². The molecule has 0 heterocycles. The zero-order valence-electron chi connectivity index (χ0n) is 8.33. The molecule has 0 saturated carbocycles. The van der Waals surface area contributed by atoms with Crippen LogP contribution in [0, 0.1) is 0 Å². The van der Waals surface area contributed by atoms with Gasteiger partial charge in [0.1, 0.15) is 5.60 Å². The summed E-state index contributed by atoms with van der Waals surface area (Å²) in [6, 6.07) is 0. The molecule has 0 radical (unpaired) electrons. The maximum atomic E-state index is 11.0. The summed E-state index contributed by atoms with van der Waals surface area (Å²) in [4.78, 5) is 11.0. The van der Waals surface area contributed by atoms with Gasteiger partial charge in [0.05, 0.1) is 5.75 Å². The van der Waals surface area contributed by atoms with E-state index in [1.165, 1.54) is 0 Å². The molecule has 0 aromatic heterocycles. The topological polar surface area (TPSA) is 72.5 Å². The van der Waals surface area contributed by atoms with Crippen LogP contribution in [0.3, 0.4) is 0 Å². The van der Waals surface area contributed by atoms with Gasteiger partial charge in [0.25, 0.3) is 0 Å². The van der Waals surface area contributed by atoms with Gasteiger partial charge in [-0.05, 0) is 20.8 Å². The first kappa shape index (κ1) is 13.5. The number of nitrogens with one attached hydrogen (secondary N) is 1. The van der Waals surface area contributed by atoms with Gasteiger partial charge in [0, 0.05) is 17.2 Å². The molecule has 84 valence electrons. The van der Waals surface area contributed by atoms with E-state index in [0.29, 0.717) is 0 Å². The second-order valence-corrected chi connectivity index (χ2v) is 6.57. The summed E-state index contributed by atoms with van der Waals surface area (Å²) in [5.41, 5.74) is -0.593. The van der Waals surface area contributed by atoms with E-state index in [9.17, 15) is 13.2 Å². The predicted molar refractivity (Wildman–Crippen MR) is 53.9 cm³/mol. The highest BCUT2D eigenvalue weighted by atomic mass is 35.7. The molecular weight excluding hydrogens is 230 g/mol. The van der Waals surface area contributed by atoms with E-state index in [1.807, 2.05) is 0 Å². The Morgan fingerprint density at radius 3 is 2.29 bits per heavy atom. The summed E-state index contributed by atoms with van der Waals surface area (Å²) in [5, 5.41) is 2.27. The lowest BCUT2D eigenvalue weighted by Crippen LogP contribution is -2.34. The number of carbonyl (C=O) groups excluding carboxylic acids is 1. The lowest BCUT2D eigenvalue weighted by atomic mass is 10.2. The Labute approximate surface area is 88.2 Å². The monoisotopic (exact) mass is 243 g/mol. The third kappa shape index (κ3) is 9.60. The van der Waals surface area contributed by atoms with Gasteiger partial charge in [0.2, 0.25) is 9.05 Å². The summed E-state index contributed by atoms with van der Waals surface area (Å²) in [5.74, 6) is -0.312. The van der Waals surface area contributed by atoms with Crippen LogP contribution in [-0.4, -0.2) is 32.4 Å². The highest BCUT2D eigenvalue weighted by molar-refractivity contribution is 8.13. The molecule has 1 amide bonds. The van der Waals surface area contributed by atoms with Crippen molar-refractivity contribution in [3.8, 4) is 0 Å². The molecular formula is C7H14ClNO4S. The van der Waals surface area contributed by atoms with E-state index in [-0.39, 0.29) is 12.3 Å². The molecule has 0 aromatic carbocycles. The van der Waals surface area contributed by atoms with Gasteiger partial charge in [-0.3, -0.25) is 0 Å². The number of carbonyl (C=O) groups is 1. The van der Waals surface area contributed by atoms with Crippen LogP contribution in [0.15, 0.2) is 0 Å². The maximum absolute atomic E-state index is 11.0. The second-order valence-electron chi connectivity index (χ2n) is 3.67. The van der Waals surface area contributed by atoms with E-state index in [4.69, 9.17) is 15.4 Å². The minimum Gasteiger partial charge on any atom is -0.444 e. The number of halogens is 1. The average molecular weight is 244 g/mol. The summed E-state index contributed by atoms with van der Waals surface area (Å²) < 4.78 is 25.8. The number of amides is 1. The van der Waals surface area contributed by atoms with Crippen LogP contribution >= 0.6 is 10.7 Å². The molecule has 0 spiro atoms. The van der Waals surface area contributed by atoms with E-state index in [0.717, 1.165) is 0 Å². The van der Waals surface area contributed by atoms with E-state index in [2.05, 4.69) is 5.32 Å². The zero-order chi connectivity index (χ0) is 11.4. The predicted octanol–water partition coefficient (Wildman–Crippen LogP) is 1.08. The van der Waals surface area contributed by atoms with Gasteiger partial charge in [-0.2, -0.15) is 0 Å². The summed E-state index contributed by atoms with van der Waals surface area (Å²) in [6.45, 7) is 5.08. The minimum atomic E-state index is -3.56. The highest BCUT2D eigenvalue weighted by Gasteiger charge is 2.16. The zero-order valence-corrected chi connectivity index (χ0v) is 9.91. The van der Waals surface area contributed by atoms with Gasteiger partial charge >= 0.3 is 6.09 Å². The largest absolute Gasteiger partial charge is 0.444 e. The van der Waals surface area contributed by atoms with Crippen LogP contribution < -0.4 is 5.32 Å². The molecule has 7 heteroatoms. The van der Waals surface area contributed by atoms with Crippen LogP contribution in [0.4, 0.5) is 4.79 Å². The molecule has 0 aliphatic carbocycles. The summed E-state index contributed by atoms with van der Waals surface area (Å²) >= 11 is 0. The van der Waals surface area contributed by atoms with E-state index >= 15 is 0 Å². The van der Waals surface area contributed by atoms with Crippen LogP contribution in [-0.2, 0) is 13.8 Å². The van der Waals surface area contributed by atoms with Gasteiger partial charge in [-0.25, -0.2) is 13.2 Å². The van der Waals surface area contributed by atoms with Crippen LogP contribution in [0.2, 0.25) is 0 Å². The Bertz CT molecular complexity index is 293. The lowest BCUT2D eigenvalue weighted by Gasteiger charge is -2.19. The first-order valence-corrected chi connectivity index (χ1v) is 6.47. The number of hydrogen-bond acceptors (Lipinski definition) is 4. The third-order valence-electron chi connectivity index (χ3n) is 1.01. The quantitative estimate of drug-likeness (QED) is 0.753. The van der Waals surface area contributed by atoms with E-state index < -0.39 is 20.7 Å². The fourth-order valence-electron chi connectivity index (χ4n) is 0.589. The van der Waals surface area contributed by atoms with Crippen molar-refractivity contribution in [1.29, 1.82) is 0 Å². The maximum Gasteiger partial charge on any atom is 0.407 e. The number of rotatable bonds is 3. The Kier molecular flexibility index (Phi) is 4.67. The molecule has 0 saturated heterocycles. The number of hydrogen-bond donors (Lipinski definition) is 1. The van der Waals surface area contributed by atoms with Crippen molar-refractivity contribution < 1.29 is 17.9 Å². The van der Waals surface area contributed by atoms with Gasteiger partial charge in [-0.1, -0.05) is 0 Å². The van der Waals surface area contributed by atoms with Crippen molar-refractivity contribution in [3.63, 3.8) is 0 Å². The molecule has 0 fully saturated rings. The standard InChI is InChI=1S/C7H14ClNO4S/c1-7(2,3)13-6(10)9-4-5-14(8,11)12/h4-5H2,1-3H3,(H,9,10). The molecule has 14 heavy (non-hydrogen) atoms. The van der Waals surface area contributed by atoms with Crippen molar-refractivity contribution >= 4 is 25.8 Å². The van der Waals surface area contributed by atoms with Crippen molar-refractivity contribution in [3.05, 3.63) is 0 Å². The molecule has 0 aliphatic rings. The molecule has 0 bridgehead atoms. The fraction of sp³-hybridized carbons (Fsp3) is 0.857. The first-order valence-electron chi connectivity index (χ1n) is 3.99. The molecule has 0 unspecified atom stereocenters. The lowest BCUT2D eigenvalue weighted by molar-refractivity contribution is 0.0531. The number of alkyl carbamates (subject to hydrolysis) is 1. The Hall–Kier alpha value is -0.490. The fourth-order valence-corrected chi connectivity index (χ4v) is 1.17. The SMILES string of the molecule is CC(C)(C)OC(=O)NCCS(=O)(=O)Cl. The molecule has 0 aliphatic heterocycles. The molecule has 0 atom stereocenters. The second kappa shape index (κ2) is 4.84. The molecule has 1 N–H and O–H groups in total. The van der Waals surface area contributed by atoms with Crippen LogP contribution in [0.1, 0.15) is 20.8 Å². The Balaban J connectivity index is 3.77. The summed E-state index contributed by atoms with van der Waals surface area (Å²) in [6.07, 6.45) is -0.655. The van der Waals surface area contributed by atoms with Gasteiger partial charge < -0.3 is 10.1 Å². The Morgan fingerprint density at radius 1 is 1.43 bits per heavy atom. The third-order valence-corrected chi connectivity index (χ3v) is 2.17. The van der Waals surface area contributed by atoms with Crippen molar-refractivity contribution in [2.75, 3.05) is 12.3 Å². The van der Waals surface area contributed by atoms with Gasteiger partial charge in [-0.15, -0.1) is 0 Å². The molecule has 0 rings (SSSR count). The number of ether oxygens (including phenoxy) is 1. The van der Waals surface area contributed by atoms with Gasteiger partial charge in [0.15, 0.2) is 0 Å². The highest BCUT2D eigenvalue weighted by Crippen LogP contribution is 2.06. The minimum absolute atomic E-state index is 0.0548. The normalized spacial score (nSPS) is 12.3. The Morgan fingerprint density at radius 2 is 1.93 bits per heavy atom. The van der Waals surface area contributed by atoms with E-state index in [1.54, 1.807) is 20.8 Å².